The summed E-state index contributed by atoms with van der Waals surface area (Å²) in [6.07, 6.45) is 3.21. The second kappa shape index (κ2) is 6.59. The number of nitrogens with zero attached hydrogens (tertiary/aromatic N) is 1. The molecule has 4 heteroatoms. The predicted octanol–water partition coefficient (Wildman–Crippen LogP) is 2.65. The van der Waals surface area contributed by atoms with Crippen LogP contribution in [0.2, 0.25) is 0 Å². The first-order valence-electron chi connectivity index (χ1n) is 5.48. The van der Waals surface area contributed by atoms with Crippen molar-refractivity contribution in [2.24, 2.45) is 0 Å². The maximum absolute atomic E-state index is 13.2. The fourth-order valence-electron chi connectivity index (χ4n) is 1.57. The third kappa shape index (κ3) is 3.20. The van der Waals surface area contributed by atoms with Crippen molar-refractivity contribution in [2.75, 3.05) is 20.2 Å². The Morgan fingerprint density at radius 3 is 2.50 bits per heavy atom. The summed E-state index contributed by atoms with van der Waals surface area (Å²) in [5.41, 5.74) is 0.196. The van der Waals surface area contributed by atoms with E-state index in [-0.39, 0.29) is 11.5 Å². The van der Waals surface area contributed by atoms with Crippen LogP contribution >= 0.6 is 0 Å². The average Bonchev–Trinajstić information content (AvgIpc) is 2.37. The normalized spacial score (nSPS) is 9.67. The van der Waals surface area contributed by atoms with E-state index >= 15 is 0 Å². The van der Waals surface area contributed by atoms with Crippen molar-refractivity contribution in [3.8, 4) is 5.75 Å². The molecule has 0 heterocycles. The molecule has 1 aromatic rings. The van der Waals surface area contributed by atoms with Gasteiger partial charge in [-0.3, -0.25) is 4.79 Å². The van der Waals surface area contributed by atoms with E-state index in [1.54, 1.807) is 12.2 Å². The highest BCUT2D eigenvalue weighted by Crippen LogP contribution is 2.21. The Morgan fingerprint density at radius 1 is 1.39 bits per heavy atom. The third-order valence-corrected chi connectivity index (χ3v) is 2.38. The number of hydrogen-bond donors (Lipinski definition) is 0. The van der Waals surface area contributed by atoms with E-state index < -0.39 is 5.82 Å². The Bertz CT molecular complexity index is 447. The summed E-state index contributed by atoms with van der Waals surface area (Å²) in [7, 11) is 1.44. The minimum absolute atomic E-state index is 0.196. The zero-order valence-electron chi connectivity index (χ0n) is 10.4. The number of hydrogen-bond acceptors (Lipinski definition) is 2. The summed E-state index contributed by atoms with van der Waals surface area (Å²) in [4.78, 5) is 13.7. The number of methoxy groups -OCH3 is 1. The van der Waals surface area contributed by atoms with Gasteiger partial charge in [-0.1, -0.05) is 12.2 Å². The van der Waals surface area contributed by atoms with Crippen molar-refractivity contribution in [1.82, 2.24) is 4.90 Å². The average molecular weight is 249 g/mol. The van der Waals surface area contributed by atoms with E-state index in [0.29, 0.717) is 18.8 Å². The number of benzene rings is 1. The summed E-state index contributed by atoms with van der Waals surface area (Å²) in [6.45, 7) is 7.90. The molecule has 0 aliphatic rings. The molecule has 96 valence electrons. The van der Waals surface area contributed by atoms with Gasteiger partial charge < -0.3 is 9.64 Å². The predicted molar refractivity (Wildman–Crippen MR) is 69.2 cm³/mol. The molecule has 0 radical (unpaired) electrons. The maximum atomic E-state index is 13.2. The number of carbonyl (C=O) groups excluding carboxylic acids is 1. The largest absolute Gasteiger partial charge is 0.496 e. The highest BCUT2D eigenvalue weighted by atomic mass is 19.1. The quantitative estimate of drug-likeness (QED) is 0.725. The lowest BCUT2D eigenvalue weighted by Crippen LogP contribution is -2.31. The Labute approximate surface area is 106 Å². The second-order valence-electron chi connectivity index (χ2n) is 3.63. The molecule has 0 aliphatic carbocycles. The molecule has 0 atom stereocenters. The fourth-order valence-corrected chi connectivity index (χ4v) is 1.57. The number of carbonyl (C=O) groups is 1. The van der Waals surface area contributed by atoms with Crippen LogP contribution in [-0.4, -0.2) is 31.0 Å². The highest BCUT2D eigenvalue weighted by molar-refractivity contribution is 5.97. The minimum atomic E-state index is -0.476. The topological polar surface area (TPSA) is 29.5 Å². The molecule has 0 spiro atoms. The zero-order chi connectivity index (χ0) is 13.5. The number of rotatable bonds is 6. The van der Waals surface area contributed by atoms with Gasteiger partial charge in [-0.05, 0) is 18.2 Å². The Morgan fingerprint density at radius 2 is 2.00 bits per heavy atom. The van der Waals surface area contributed by atoms with Crippen molar-refractivity contribution in [3.63, 3.8) is 0 Å². The lowest BCUT2D eigenvalue weighted by molar-refractivity contribution is 0.0787. The lowest BCUT2D eigenvalue weighted by atomic mass is 10.1. The molecule has 0 aromatic heterocycles. The van der Waals surface area contributed by atoms with E-state index in [0.717, 1.165) is 0 Å². The van der Waals surface area contributed by atoms with Gasteiger partial charge in [0, 0.05) is 13.1 Å². The molecular weight excluding hydrogens is 233 g/mol. The first kappa shape index (κ1) is 14.0. The summed E-state index contributed by atoms with van der Waals surface area (Å²) in [5, 5.41) is 0. The molecule has 0 aliphatic heterocycles. The number of amides is 1. The van der Waals surface area contributed by atoms with E-state index in [4.69, 9.17) is 4.74 Å². The van der Waals surface area contributed by atoms with Crippen LogP contribution in [0.5, 0.6) is 5.75 Å². The first-order chi connectivity index (χ1) is 8.63. The van der Waals surface area contributed by atoms with Crippen molar-refractivity contribution >= 4 is 5.91 Å². The lowest BCUT2D eigenvalue weighted by Gasteiger charge is -2.20. The monoisotopic (exact) mass is 249 g/mol. The van der Waals surface area contributed by atoms with Crippen molar-refractivity contribution in [3.05, 3.63) is 54.9 Å². The van der Waals surface area contributed by atoms with E-state index in [1.807, 2.05) is 0 Å². The van der Waals surface area contributed by atoms with Crippen LogP contribution < -0.4 is 4.74 Å². The van der Waals surface area contributed by atoms with E-state index in [2.05, 4.69) is 13.2 Å². The number of halogens is 1. The van der Waals surface area contributed by atoms with Crippen molar-refractivity contribution < 1.29 is 13.9 Å². The fraction of sp³-hybridized carbons (Fsp3) is 0.214. The van der Waals surface area contributed by atoms with Gasteiger partial charge >= 0.3 is 0 Å². The molecule has 1 amide bonds. The van der Waals surface area contributed by atoms with Crippen molar-refractivity contribution in [2.45, 2.75) is 0 Å². The molecule has 0 N–H and O–H groups in total. The minimum Gasteiger partial charge on any atom is -0.496 e. The van der Waals surface area contributed by atoms with Gasteiger partial charge in [-0.25, -0.2) is 4.39 Å². The van der Waals surface area contributed by atoms with Gasteiger partial charge in [0.2, 0.25) is 0 Å². The molecule has 0 fully saturated rings. The molecule has 0 saturated carbocycles. The van der Waals surface area contributed by atoms with Crippen LogP contribution in [0, 0.1) is 5.82 Å². The van der Waals surface area contributed by atoms with Gasteiger partial charge in [0.15, 0.2) is 0 Å². The van der Waals surface area contributed by atoms with Crippen LogP contribution in [0.25, 0.3) is 0 Å². The molecule has 1 aromatic carbocycles. The van der Waals surface area contributed by atoms with Gasteiger partial charge in [0.1, 0.15) is 11.6 Å². The van der Waals surface area contributed by atoms with E-state index in [9.17, 15) is 9.18 Å². The molecular formula is C14H16FNO2. The molecule has 18 heavy (non-hydrogen) atoms. The first-order valence-corrected chi connectivity index (χ1v) is 5.48. The molecule has 0 unspecified atom stereocenters. The van der Waals surface area contributed by atoms with Crippen LogP contribution in [0.3, 0.4) is 0 Å². The van der Waals surface area contributed by atoms with Crippen LogP contribution in [0.15, 0.2) is 43.5 Å². The summed E-state index contributed by atoms with van der Waals surface area (Å²) < 4.78 is 18.3. The van der Waals surface area contributed by atoms with Crippen LogP contribution in [-0.2, 0) is 0 Å². The highest BCUT2D eigenvalue weighted by Gasteiger charge is 2.18. The van der Waals surface area contributed by atoms with Gasteiger partial charge in [-0.15, -0.1) is 13.2 Å². The molecule has 3 nitrogen and oxygen atoms in total. The summed E-state index contributed by atoms with van der Waals surface area (Å²) >= 11 is 0. The third-order valence-electron chi connectivity index (χ3n) is 2.38. The van der Waals surface area contributed by atoms with Crippen molar-refractivity contribution in [1.29, 1.82) is 0 Å². The zero-order valence-corrected chi connectivity index (χ0v) is 10.4. The Kier molecular flexibility index (Phi) is 5.11. The van der Waals surface area contributed by atoms with Crippen LogP contribution in [0.4, 0.5) is 4.39 Å². The summed E-state index contributed by atoms with van der Waals surface area (Å²) in [6, 6.07) is 3.85. The van der Waals surface area contributed by atoms with Crippen LogP contribution in [0.1, 0.15) is 10.4 Å². The summed E-state index contributed by atoms with van der Waals surface area (Å²) in [5.74, 6) is -0.443. The second-order valence-corrected chi connectivity index (χ2v) is 3.63. The number of ether oxygens (including phenoxy) is 1. The van der Waals surface area contributed by atoms with E-state index in [1.165, 1.54) is 30.2 Å². The molecule has 0 saturated heterocycles. The Hall–Kier alpha value is -2.10. The maximum Gasteiger partial charge on any atom is 0.258 e. The SMILES string of the molecule is C=CCN(CC=C)C(=O)c1cc(F)ccc1OC. The van der Waals surface area contributed by atoms with Gasteiger partial charge in [-0.2, -0.15) is 0 Å². The molecule has 1 rings (SSSR count). The smallest absolute Gasteiger partial charge is 0.258 e. The standard InChI is InChI=1S/C14H16FNO2/c1-4-8-16(9-5-2)14(17)12-10-11(15)6-7-13(12)18-3/h4-7,10H,1-2,8-9H2,3H3. The van der Waals surface area contributed by atoms with Gasteiger partial charge in [0.25, 0.3) is 5.91 Å². The Balaban J connectivity index is 3.09. The van der Waals surface area contributed by atoms with Gasteiger partial charge in [0.05, 0.1) is 12.7 Å². The molecule has 0 bridgehead atoms.